The Morgan fingerprint density at radius 1 is 1.62 bits per heavy atom. The van der Waals surface area contributed by atoms with Crippen LogP contribution in [0.3, 0.4) is 0 Å². The first-order chi connectivity index (χ1) is 5.68. The van der Waals surface area contributed by atoms with E-state index in [1.807, 2.05) is 14.1 Å². The smallest absolute Gasteiger partial charge is 0.221 e. The second-order valence-corrected chi connectivity index (χ2v) is 2.94. The second-order valence-electron chi connectivity index (χ2n) is 2.94. The summed E-state index contributed by atoms with van der Waals surface area (Å²) in [7, 11) is 4.01. The first kappa shape index (κ1) is 12.2. The Labute approximate surface area is 83.3 Å². The standard InChI is InChI=1S/C7H13N3O2.ClH/c1-9(2)4-3-5-10-6-7(11)12-8-10;/h6H,3-5H2,1-2H3;1H. The van der Waals surface area contributed by atoms with E-state index >= 15 is 0 Å². The molecule has 0 aliphatic heterocycles. The maximum Gasteiger partial charge on any atom is 0.221 e. The zero-order valence-electron chi connectivity index (χ0n) is 7.77. The number of aryl methyl sites for hydroxylation is 1. The van der Waals surface area contributed by atoms with Crippen LogP contribution < -0.4 is 9.79 Å². The van der Waals surface area contributed by atoms with E-state index in [4.69, 9.17) is 0 Å². The van der Waals surface area contributed by atoms with Gasteiger partial charge in [0.05, 0.1) is 5.27 Å². The predicted molar refractivity (Wildman–Crippen MR) is 46.6 cm³/mol. The molecule has 76 valence electrons. The Kier molecular flexibility index (Phi) is 5.41. The summed E-state index contributed by atoms with van der Waals surface area (Å²) in [5.41, 5.74) is 0. The number of aromatic nitrogens is 2. The SMILES string of the molecule is CN(C)CCC[n+]1cc([O-])on1.Cl. The van der Waals surface area contributed by atoms with Crippen molar-refractivity contribution >= 4 is 12.4 Å². The van der Waals surface area contributed by atoms with Crippen LogP contribution in [0.1, 0.15) is 6.42 Å². The van der Waals surface area contributed by atoms with E-state index in [0.29, 0.717) is 0 Å². The van der Waals surface area contributed by atoms with Crippen molar-refractivity contribution in [3.05, 3.63) is 6.20 Å². The van der Waals surface area contributed by atoms with Crippen molar-refractivity contribution < 1.29 is 14.3 Å². The van der Waals surface area contributed by atoms with Crippen LogP contribution in [-0.4, -0.2) is 30.8 Å². The molecule has 0 amide bonds. The van der Waals surface area contributed by atoms with Crippen LogP contribution in [0.4, 0.5) is 0 Å². The number of rotatable bonds is 4. The quantitative estimate of drug-likeness (QED) is 0.620. The van der Waals surface area contributed by atoms with Gasteiger partial charge in [-0.1, -0.05) is 4.68 Å². The molecule has 0 N–H and O–H groups in total. The highest BCUT2D eigenvalue weighted by Gasteiger charge is 2.02. The van der Waals surface area contributed by atoms with Crippen LogP contribution in [0.5, 0.6) is 5.95 Å². The van der Waals surface area contributed by atoms with Crippen molar-refractivity contribution in [3.63, 3.8) is 0 Å². The van der Waals surface area contributed by atoms with E-state index in [1.54, 1.807) is 0 Å². The topological polar surface area (TPSA) is 56.2 Å². The van der Waals surface area contributed by atoms with Crippen LogP contribution in [-0.2, 0) is 6.54 Å². The van der Waals surface area contributed by atoms with Crippen molar-refractivity contribution in [2.45, 2.75) is 13.0 Å². The summed E-state index contributed by atoms with van der Waals surface area (Å²) in [5.74, 6) is -0.389. The third kappa shape index (κ3) is 4.69. The van der Waals surface area contributed by atoms with Gasteiger partial charge in [-0.3, -0.25) is 0 Å². The molecule has 6 heteroatoms. The molecule has 1 rings (SSSR count). The molecule has 0 saturated heterocycles. The average molecular weight is 208 g/mol. The third-order valence-electron chi connectivity index (χ3n) is 1.48. The van der Waals surface area contributed by atoms with Gasteiger partial charge in [-0.2, -0.15) is 0 Å². The molecule has 0 aromatic carbocycles. The highest BCUT2D eigenvalue weighted by Crippen LogP contribution is 1.93. The lowest BCUT2D eigenvalue weighted by Gasteiger charge is -2.05. The van der Waals surface area contributed by atoms with Gasteiger partial charge in [0.25, 0.3) is 0 Å². The summed E-state index contributed by atoms with van der Waals surface area (Å²) in [4.78, 5) is 2.08. The van der Waals surface area contributed by atoms with Crippen LogP contribution in [0.2, 0.25) is 0 Å². The maximum atomic E-state index is 10.5. The Bertz CT molecular complexity index is 239. The van der Waals surface area contributed by atoms with Gasteiger partial charge >= 0.3 is 0 Å². The van der Waals surface area contributed by atoms with E-state index < -0.39 is 0 Å². The van der Waals surface area contributed by atoms with Crippen molar-refractivity contribution in [1.82, 2.24) is 10.2 Å². The molecule has 0 spiro atoms. The highest BCUT2D eigenvalue weighted by molar-refractivity contribution is 5.85. The first-order valence-corrected chi connectivity index (χ1v) is 3.86. The van der Waals surface area contributed by atoms with E-state index in [9.17, 15) is 5.11 Å². The Morgan fingerprint density at radius 3 is 2.77 bits per heavy atom. The lowest BCUT2D eigenvalue weighted by atomic mass is 10.4. The molecule has 0 saturated carbocycles. The minimum atomic E-state index is -0.389. The van der Waals surface area contributed by atoms with E-state index in [-0.39, 0.29) is 18.4 Å². The maximum absolute atomic E-state index is 10.5. The molecule has 1 aromatic heterocycles. The summed E-state index contributed by atoms with van der Waals surface area (Å²) in [5, 5.41) is 14.1. The zero-order valence-corrected chi connectivity index (χ0v) is 8.58. The number of hydrogen-bond donors (Lipinski definition) is 0. The minimum absolute atomic E-state index is 0. The van der Waals surface area contributed by atoms with Crippen molar-refractivity contribution in [2.75, 3.05) is 20.6 Å². The van der Waals surface area contributed by atoms with Gasteiger partial charge < -0.3 is 14.5 Å². The summed E-state index contributed by atoms with van der Waals surface area (Å²) in [6, 6.07) is 0. The normalized spacial score (nSPS) is 10.1. The third-order valence-corrected chi connectivity index (χ3v) is 1.48. The van der Waals surface area contributed by atoms with Crippen molar-refractivity contribution in [3.8, 4) is 5.95 Å². The van der Waals surface area contributed by atoms with Gasteiger partial charge in [-0.05, 0) is 14.1 Å². The number of hydrogen-bond acceptors (Lipinski definition) is 4. The summed E-state index contributed by atoms with van der Waals surface area (Å²) >= 11 is 0. The Balaban J connectivity index is 0.00000144. The van der Waals surface area contributed by atoms with Crippen LogP contribution in [0, 0.1) is 0 Å². The molecule has 1 aromatic rings. The zero-order chi connectivity index (χ0) is 8.97. The molecule has 0 aliphatic rings. The molecule has 0 aliphatic carbocycles. The highest BCUT2D eigenvalue weighted by atomic mass is 35.5. The first-order valence-electron chi connectivity index (χ1n) is 3.86. The van der Waals surface area contributed by atoms with Gasteiger partial charge in [-0.15, -0.1) is 12.4 Å². The van der Waals surface area contributed by atoms with E-state index in [0.717, 1.165) is 19.5 Å². The molecule has 1 heterocycles. The number of halogens is 1. The average Bonchev–Trinajstić information content (AvgIpc) is 2.35. The molecule has 0 atom stereocenters. The number of nitrogens with zero attached hydrogens (tertiary/aromatic N) is 3. The van der Waals surface area contributed by atoms with Gasteiger partial charge in [0.1, 0.15) is 5.95 Å². The molecule has 0 bridgehead atoms. The Morgan fingerprint density at radius 2 is 2.31 bits per heavy atom. The van der Waals surface area contributed by atoms with Gasteiger partial charge in [0.2, 0.25) is 6.20 Å². The fraction of sp³-hybridized carbons (Fsp3) is 0.714. The van der Waals surface area contributed by atoms with Crippen LogP contribution >= 0.6 is 12.4 Å². The van der Waals surface area contributed by atoms with E-state index in [2.05, 4.69) is 14.7 Å². The molecular weight excluding hydrogens is 194 g/mol. The minimum Gasteiger partial charge on any atom is -0.539 e. The molecule has 5 nitrogen and oxygen atoms in total. The molecule has 13 heavy (non-hydrogen) atoms. The molecule has 0 radical (unpaired) electrons. The summed E-state index contributed by atoms with van der Waals surface area (Å²) in [6.45, 7) is 1.71. The fourth-order valence-electron chi connectivity index (χ4n) is 0.916. The molecule has 0 fully saturated rings. The molecule has 0 unspecified atom stereocenters. The summed E-state index contributed by atoms with van der Waals surface area (Å²) in [6.07, 6.45) is 2.32. The van der Waals surface area contributed by atoms with Gasteiger partial charge in [0, 0.05) is 13.0 Å². The second kappa shape index (κ2) is 5.77. The van der Waals surface area contributed by atoms with Gasteiger partial charge in [0.15, 0.2) is 6.54 Å². The monoisotopic (exact) mass is 207 g/mol. The van der Waals surface area contributed by atoms with E-state index in [1.165, 1.54) is 10.9 Å². The van der Waals surface area contributed by atoms with Crippen LogP contribution in [0.15, 0.2) is 10.7 Å². The summed E-state index contributed by atoms with van der Waals surface area (Å²) < 4.78 is 5.89. The lowest BCUT2D eigenvalue weighted by molar-refractivity contribution is -0.762. The van der Waals surface area contributed by atoms with Crippen molar-refractivity contribution in [2.24, 2.45) is 0 Å². The molecular formula is C7H14ClN3O2. The Hall–Kier alpha value is -0.810. The predicted octanol–water partition coefficient (Wildman–Crippen LogP) is -0.591. The van der Waals surface area contributed by atoms with Gasteiger partial charge in [-0.25, -0.2) is 0 Å². The fourth-order valence-corrected chi connectivity index (χ4v) is 0.916. The largest absolute Gasteiger partial charge is 0.539 e. The van der Waals surface area contributed by atoms with Crippen LogP contribution in [0.25, 0.3) is 0 Å². The lowest BCUT2D eigenvalue weighted by Crippen LogP contribution is -2.36. The van der Waals surface area contributed by atoms with Crippen molar-refractivity contribution in [1.29, 1.82) is 0 Å².